The van der Waals surface area contributed by atoms with E-state index in [1.807, 2.05) is 0 Å². The predicted molar refractivity (Wildman–Crippen MR) is 87.3 cm³/mol. The standard InChI is InChI=1S/C18H16FNO6/c19-13-3-1-2-4-14(13)23-10-18(22)24-9-17(21)20-8-12-5-6-15-16(7-12)26-11-25-15/h1-7H,8-11H2,(H,20,21). The Morgan fingerprint density at radius 3 is 2.73 bits per heavy atom. The van der Waals surface area contributed by atoms with Gasteiger partial charge in [0.25, 0.3) is 5.91 Å². The van der Waals surface area contributed by atoms with Crippen LogP contribution in [0.1, 0.15) is 5.56 Å². The Labute approximate surface area is 148 Å². The summed E-state index contributed by atoms with van der Waals surface area (Å²) < 4.78 is 33.6. The molecule has 8 heteroatoms. The van der Waals surface area contributed by atoms with Crippen LogP contribution in [0, 0.1) is 5.82 Å². The lowest BCUT2D eigenvalue weighted by molar-refractivity contribution is -0.150. The van der Waals surface area contributed by atoms with E-state index < -0.39 is 30.9 Å². The third kappa shape index (κ3) is 4.62. The van der Waals surface area contributed by atoms with Gasteiger partial charge in [0, 0.05) is 6.54 Å². The van der Waals surface area contributed by atoms with Gasteiger partial charge in [-0.25, -0.2) is 9.18 Å². The molecule has 26 heavy (non-hydrogen) atoms. The fourth-order valence-corrected chi connectivity index (χ4v) is 2.19. The van der Waals surface area contributed by atoms with Crippen LogP contribution in [0.3, 0.4) is 0 Å². The first-order chi connectivity index (χ1) is 12.6. The number of carbonyl (C=O) groups excluding carboxylic acids is 2. The van der Waals surface area contributed by atoms with E-state index in [0.29, 0.717) is 11.5 Å². The molecule has 1 aliphatic heterocycles. The van der Waals surface area contributed by atoms with Crippen LogP contribution in [0.25, 0.3) is 0 Å². The molecule has 0 saturated carbocycles. The molecule has 2 aromatic rings. The van der Waals surface area contributed by atoms with Gasteiger partial charge in [-0.2, -0.15) is 0 Å². The second-order valence-corrected chi connectivity index (χ2v) is 5.34. The zero-order valence-electron chi connectivity index (χ0n) is 13.7. The van der Waals surface area contributed by atoms with E-state index in [1.165, 1.54) is 18.2 Å². The number of halogens is 1. The monoisotopic (exact) mass is 361 g/mol. The SMILES string of the molecule is O=C(COC(=O)COc1ccccc1F)NCc1ccc2c(c1)OCO2. The van der Waals surface area contributed by atoms with E-state index in [0.717, 1.165) is 5.56 Å². The molecule has 0 bridgehead atoms. The van der Waals surface area contributed by atoms with Gasteiger partial charge in [-0.1, -0.05) is 18.2 Å². The Bertz CT molecular complexity index is 810. The number of rotatable bonds is 7. The number of hydrogen-bond donors (Lipinski definition) is 1. The van der Waals surface area contributed by atoms with E-state index in [9.17, 15) is 14.0 Å². The number of carbonyl (C=O) groups is 2. The second kappa shape index (κ2) is 8.19. The first kappa shape index (κ1) is 17.5. The van der Waals surface area contributed by atoms with Crippen LogP contribution in [0.15, 0.2) is 42.5 Å². The van der Waals surface area contributed by atoms with E-state index in [-0.39, 0.29) is 19.1 Å². The van der Waals surface area contributed by atoms with Crippen molar-refractivity contribution in [3.05, 3.63) is 53.8 Å². The molecule has 0 radical (unpaired) electrons. The zero-order chi connectivity index (χ0) is 18.4. The van der Waals surface area contributed by atoms with Gasteiger partial charge >= 0.3 is 5.97 Å². The molecule has 0 atom stereocenters. The highest BCUT2D eigenvalue weighted by atomic mass is 19.1. The molecule has 0 unspecified atom stereocenters. The number of ether oxygens (including phenoxy) is 4. The molecule has 1 amide bonds. The van der Waals surface area contributed by atoms with Gasteiger partial charge in [0.1, 0.15) is 0 Å². The normalized spacial score (nSPS) is 11.7. The summed E-state index contributed by atoms with van der Waals surface area (Å²) in [5, 5.41) is 2.62. The molecule has 7 nitrogen and oxygen atoms in total. The van der Waals surface area contributed by atoms with Crippen LogP contribution >= 0.6 is 0 Å². The van der Waals surface area contributed by atoms with Crippen molar-refractivity contribution in [1.29, 1.82) is 0 Å². The first-order valence-corrected chi connectivity index (χ1v) is 7.80. The zero-order valence-corrected chi connectivity index (χ0v) is 13.7. The van der Waals surface area contributed by atoms with Crippen LogP contribution in [0.5, 0.6) is 17.2 Å². The van der Waals surface area contributed by atoms with E-state index >= 15 is 0 Å². The predicted octanol–water partition coefficient (Wildman–Crippen LogP) is 1.79. The topological polar surface area (TPSA) is 83.1 Å². The molecule has 1 N–H and O–H groups in total. The van der Waals surface area contributed by atoms with Gasteiger partial charge in [0.15, 0.2) is 36.3 Å². The first-order valence-electron chi connectivity index (χ1n) is 7.80. The molecule has 2 aromatic carbocycles. The van der Waals surface area contributed by atoms with Crippen molar-refractivity contribution in [3.8, 4) is 17.2 Å². The Morgan fingerprint density at radius 2 is 1.88 bits per heavy atom. The van der Waals surface area contributed by atoms with E-state index in [4.69, 9.17) is 18.9 Å². The number of esters is 1. The fraction of sp³-hybridized carbons (Fsp3) is 0.222. The quantitative estimate of drug-likeness (QED) is 0.757. The van der Waals surface area contributed by atoms with Crippen molar-refractivity contribution in [2.45, 2.75) is 6.54 Å². The van der Waals surface area contributed by atoms with Crippen molar-refractivity contribution >= 4 is 11.9 Å². The van der Waals surface area contributed by atoms with Gasteiger partial charge in [0.05, 0.1) is 0 Å². The highest BCUT2D eigenvalue weighted by Gasteiger charge is 2.14. The molecule has 0 aromatic heterocycles. The Balaban J connectivity index is 1.37. The van der Waals surface area contributed by atoms with Crippen molar-refractivity contribution in [2.75, 3.05) is 20.0 Å². The smallest absolute Gasteiger partial charge is 0.344 e. The van der Waals surface area contributed by atoms with Gasteiger partial charge in [-0.05, 0) is 29.8 Å². The summed E-state index contributed by atoms with van der Waals surface area (Å²) in [6.45, 7) is -0.519. The summed E-state index contributed by atoms with van der Waals surface area (Å²) >= 11 is 0. The molecular formula is C18H16FNO6. The maximum Gasteiger partial charge on any atom is 0.344 e. The molecule has 0 saturated heterocycles. The average Bonchev–Trinajstić information content (AvgIpc) is 3.12. The maximum absolute atomic E-state index is 13.3. The molecule has 3 rings (SSSR count). The van der Waals surface area contributed by atoms with Crippen LogP contribution < -0.4 is 19.5 Å². The molecule has 0 fully saturated rings. The van der Waals surface area contributed by atoms with E-state index in [1.54, 1.807) is 24.3 Å². The number of amides is 1. The molecule has 0 spiro atoms. The number of para-hydroxylation sites is 1. The fourth-order valence-electron chi connectivity index (χ4n) is 2.19. The summed E-state index contributed by atoms with van der Waals surface area (Å²) in [5.41, 5.74) is 0.816. The summed E-state index contributed by atoms with van der Waals surface area (Å²) in [6, 6.07) is 11.0. The lowest BCUT2D eigenvalue weighted by atomic mass is 10.2. The molecule has 136 valence electrons. The Morgan fingerprint density at radius 1 is 1.08 bits per heavy atom. The molecule has 0 aliphatic carbocycles. The second-order valence-electron chi connectivity index (χ2n) is 5.34. The minimum atomic E-state index is -0.772. The number of hydrogen-bond acceptors (Lipinski definition) is 6. The lowest BCUT2D eigenvalue weighted by Gasteiger charge is -2.08. The minimum Gasteiger partial charge on any atom is -0.479 e. The highest BCUT2D eigenvalue weighted by Crippen LogP contribution is 2.32. The van der Waals surface area contributed by atoms with Gasteiger partial charge in [0.2, 0.25) is 6.79 Å². The van der Waals surface area contributed by atoms with Crippen molar-refractivity contribution in [2.24, 2.45) is 0 Å². The summed E-state index contributed by atoms with van der Waals surface area (Å²) in [5.74, 6) is -0.607. The molecule has 1 heterocycles. The molecular weight excluding hydrogens is 345 g/mol. The Hall–Kier alpha value is -3.29. The largest absolute Gasteiger partial charge is 0.479 e. The average molecular weight is 361 g/mol. The van der Waals surface area contributed by atoms with Crippen LogP contribution in [-0.2, 0) is 20.9 Å². The Kier molecular flexibility index (Phi) is 5.52. The summed E-state index contributed by atoms with van der Waals surface area (Å²) in [6.07, 6.45) is 0. The summed E-state index contributed by atoms with van der Waals surface area (Å²) in [4.78, 5) is 23.3. The maximum atomic E-state index is 13.3. The van der Waals surface area contributed by atoms with Gasteiger partial charge in [-0.3, -0.25) is 4.79 Å². The van der Waals surface area contributed by atoms with E-state index in [2.05, 4.69) is 5.32 Å². The van der Waals surface area contributed by atoms with Crippen molar-refractivity contribution in [1.82, 2.24) is 5.32 Å². The minimum absolute atomic E-state index is 0.0586. The van der Waals surface area contributed by atoms with Crippen molar-refractivity contribution in [3.63, 3.8) is 0 Å². The van der Waals surface area contributed by atoms with Gasteiger partial charge < -0.3 is 24.3 Å². The number of benzene rings is 2. The van der Waals surface area contributed by atoms with Crippen LogP contribution in [-0.4, -0.2) is 31.9 Å². The molecule has 1 aliphatic rings. The summed E-state index contributed by atoms with van der Waals surface area (Å²) in [7, 11) is 0. The lowest BCUT2D eigenvalue weighted by Crippen LogP contribution is -2.29. The third-order valence-corrected chi connectivity index (χ3v) is 3.47. The van der Waals surface area contributed by atoms with Gasteiger partial charge in [-0.15, -0.1) is 0 Å². The highest BCUT2D eigenvalue weighted by molar-refractivity contribution is 5.80. The van der Waals surface area contributed by atoms with Crippen LogP contribution in [0.2, 0.25) is 0 Å². The number of nitrogens with one attached hydrogen (secondary N) is 1. The van der Waals surface area contributed by atoms with Crippen LogP contribution in [0.4, 0.5) is 4.39 Å². The number of fused-ring (bicyclic) bond motifs is 1. The third-order valence-electron chi connectivity index (χ3n) is 3.47. The van der Waals surface area contributed by atoms with Crippen molar-refractivity contribution < 1.29 is 32.9 Å².